The van der Waals surface area contributed by atoms with Crippen molar-refractivity contribution in [1.29, 1.82) is 0 Å². The Kier molecular flexibility index (Phi) is 6.10. The minimum absolute atomic E-state index is 0.156. The van der Waals surface area contributed by atoms with E-state index in [1.54, 1.807) is 0 Å². The van der Waals surface area contributed by atoms with E-state index < -0.39 is 30.7 Å². The quantitative estimate of drug-likeness (QED) is 0.787. The van der Waals surface area contributed by atoms with Crippen molar-refractivity contribution in [2.75, 3.05) is 20.8 Å². The van der Waals surface area contributed by atoms with Gasteiger partial charge in [0.15, 0.2) is 6.29 Å². The fraction of sp³-hybridized carbons (Fsp3) is 0.600. The Morgan fingerprint density at radius 3 is 2.33 bits per heavy atom. The summed E-state index contributed by atoms with van der Waals surface area (Å²) in [7, 11) is 2.89. The molecule has 6 heteroatoms. The lowest BCUT2D eigenvalue weighted by molar-refractivity contribution is -0.298. The average Bonchev–Trinajstić information content (AvgIpc) is 2.51. The zero-order valence-electron chi connectivity index (χ0n) is 12.2. The van der Waals surface area contributed by atoms with Gasteiger partial charge in [0, 0.05) is 14.2 Å². The first-order chi connectivity index (χ1) is 10.2. The maximum Gasteiger partial charge on any atom is 0.184 e. The second-order valence-electron chi connectivity index (χ2n) is 4.96. The highest BCUT2D eigenvalue weighted by Crippen LogP contribution is 2.24. The largest absolute Gasteiger partial charge is 0.387 e. The van der Waals surface area contributed by atoms with Gasteiger partial charge in [-0.2, -0.15) is 0 Å². The fourth-order valence-corrected chi connectivity index (χ4v) is 2.43. The predicted molar refractivity (Wildman–Crippen MR) is 74.6 cm³/mol. The molecule has 1 unspecified atom stereocenters. The van der Waals surface area contributed by atoms with E-state index in [1.807, 2.05) is 30.3 Å². The van der Waals surface area contributed by atoms with Crippen LogP contribution in [0, 0.1) is 0 Å². The molecule has 6 nitrogen and oxygen atoms in total. The summed E-state index contributed by atoms with van der Waals surface area (Å²) in [5.74, 6) is 0. The van der Waals surface area contributed by atoms with Gasteiger partial charge in [0.2, 0.25) is 0 Å². The molecule has 118 valence electrons. The summed E-state index contributed by atoms with van der Waals surface area (Å²) in [6, 6.07) is 9.69. The van der Waals surface area contributed by atoms with Crippen LogP contribution in [0.5, 0.6) is 0 Å². The number of hydrogen-bond donors (Lipinski definition) is 2. The van der Waals surface area contributed by atoms with Crippen LogP contribution >= 0.6 is 0 Å². The molecule has 1 fully saturated rings. The van der Waals surface area contributed by atoms with Gasteiger partial charge in [0.1, 0.15) is 24.4 Å². The van der Waals surface area contributed by atoms with Crippen LogP contribution in [0.25, 0.3) is 0 Å². The molecule has 5 atom stereocenters. The van der Waals surface area contributed by atoms with Gasteiger partial charge in [-0.25, -0.2) is 0 Å². The second kappa shape index (κ2) is 7.84. The van der Waals surface area contributed by atoms with E-state index in [2.05, 4.69) is 0 Å². The Morgan fingerprint density at radius 1 is 1.05 bits per heavy atom. The second-order valence-corrected chi connectivity index (χ2v) is 4.96. The monoisotopic (exact) mass is 298 g/mol. The lowest BCUT2D eigenvalue weighted by Gasteiger charge is -2.41. The zero-order chi connectivity index (χ0) is 15.2. The van der Waals surface area contributed by atoms with Crippen molar-refractivity contribution in [3.8, 4) is 0 Å². The summed E-state index contributed by atoms with van der Waals surface area (Å²) in [6.07, 6.45) is -4.15. The summed E-state index contributed by atoms with van der Waals surface area (Å²) >= 11 is 0. The molecule has 0 amide bonds. The number of aliphatic hydroxyl groups is 2. The molecule has 1 aromatic carbocycles. The molecule has 0 aromatic heterocycles. The van der Waals surface area contributed by atoms with Crippen LogP contribution < -0.4 is 0 Å². The molecule has 0 saturated carbocycles. The molecule has 1 saturated heterocycles. The van der Waals surface area contributed by atoms with Crippen molar-refractivity contribution >= 4 is 0 Å². The molecule has 2 rings (SSSR count). The molecule has 1 heterocycles. The van der Waals surface area contributed by atoms with Gasteiger partial charge in [-0.1, -0.05) is 30.3 Å². The third kappa shape index (κ3) is 4.00. The molecule has 2 N–H and O–H groups in total. The molecule has 0 bridgehead atoms. The smallest absolute Gasteiger partial charge is 0.184 e. The lowest BCUT2D eigenvalue weighted by Crippen LogP contribution is -2.59. The van der Waals surface area contributed by atoms with Crippen molar-refractivity contribution in [3.05, 3.63) is 35.9 Å². The molecule has 0 aliphatic carbocycles. The van der Waals surface area contributed by atoms with E-state index in [4.69, 9.17) is 18.9 Å². The van der Waals surface area contributed by atoms with Crippen LogP contribution in [0.1, 0.15) is 5.56 Å². The Labute approximate surface area is 124 Å². The van der Waals surface area contributed by atoms with E-state index in [-0.39, 0.29) is 6.61 Å². The summed E-state index contributed by atoms with van der Waals surface area (Å²) in [4.78, 5) is 0. The minimum Gasteiger partial charge on any atom is -0.387 e. The van der Waals surface area contributed by atoms with Crippen LogP contribution in [0.3, 0.4) is 0 Å². The molecule has 0 radical (unpaired) electrons. The van der Waals surface area contributed by atoms with Crippen LogP contribution in [0.15, 0.2) is 30.3 Å². The molecular weight excluding hydrogens is 276 g/mol. The van der Waals surface area contributed by atoms with Gasteiger partial charge in [-0.3, -0.25) is 0 Å². The SMILES string of the molecule is CO[C@H]1[C@H](O)[C@@H](COCc2ccccc2)OC(O)[C@@H]1OC. The van der Waals surface area contributed by atoms with E-state index in [0.29, 0.717) is 6.61 Å². The van der Waals surface area contributed by atoms with Gasteiger partial charge >= 0.3 is 0 Å². The summed E-state index contributed by atoms with van der Waals surface area (Å²) in [5, 5.41) is 20.1. The van der Waals surface area contributed by atoms with Crippen LogP contribution in [0.2, 0.25) is 0 Å². The predicted octanol–water partition coefficient (Wildman–Crippen LogP) is 0.311. The highest BCUT2D eigenvalue weighted by molar-refractivity contribution is 5.13. The Balaban J connectivity index is 1.88. The summed E-state index contributed by atoms with van der Waals surface area (Å²) in [6.45, 7) is 0.568. The maximum absolute atomic E-state index is 10.2. The fourth-order valence-electron chi connectivity index (χ4n) is 2.43. The molecule has 1 aliphatic heterocycles. The summed E-state index contributed by atoms with van der Waals surface area (Å²) < 4.78 is 21.2. The number of rotatable bonds is 6. The Hall–Kier alpha value is -1.02. The number of ether oxygens (including phenoxy) is 4. The minimum atomic E-state index is -1.16. The molecule has 1 aliphatic rings. The van der Waals surface area contributed by atoms with Crippen molar-refractivity contribution in [2.24, 2.45) is 0 Å². The zero-order valence-corrected chi connectivity index (χ0v) is 12.2. The van der Waals surface area contributed by atoms with E-state index in [9.17, 15) is 10.2 Å². The number of benzene rings is 1. The van der Waals surface area contributed by atoms with E-state index in [0.717, 1.165) is 5.56 Å². The average molecular weight is 298 g/mol. The van der Waals surface area contributed by atoms with Crippen molar-refractivity contribution in [1.82, 2.24) is 0 Å². The highest BCUT2D eigenvalue weighted by Gasteiger charge is 2.45. The van der Waals surface area contributed by atoms with Gasteiger partial charge < -0.3 is 29.2 Å². The first-order valence-corrected chi connectivity index (χ1v) is 6.86. The molecule has 1 aromatic rings. The van der Waals surface area contributed by atoms with Gasteiger partial charge in [-0.15, -0.1) is 0 Å². The standard InChI is InChI=1S/C15H22O6/c1-18-13-12(16)11(21-15(17)14(13)19-2)9-20-8-10-6-4-3-5-7-10/h3-7,11-17H,8-9H2,1-2H3/t11-,12-,13+,14-,15?/m1/s1. The lowest BCUT2D eigenvalue weighted by atomic mass is 9.99. The first kappa shape index (κ1) is 16.4. The van der Waals surface area contributed by atoms with Crippen LogP contribution in [0.4, 0.5) is 0 Å². The number of hydrogen-bond acceptors (Lipinski definition) is 6. The van der Waals surface area contributed by atoms with E-state index in [1.165, 1.54) is 14.2 Å². The normalized spacial score (nSPS) is 33.0. The van der Waals surface area contributed by atoms with Gasteiger partial charge in [0.25, 0.3) is 0 Å². The third-order valence-electron chi connectivity index (χ3n) is 3.57. The van der Waals surface area contributed by atoms with Crippen LogP contribution in [-0.4, -0.2) is 61.7 Å². The molecular formula is C15H22O6. The van der Waals surface area contributed by atoms with Gasteiger partial charge in [-0.05, 0) is 5.56 Å². The Morgan fingerprint density at radius 2 is 1.71 bits per heavy atom. The topological polar surface area (TPSA) is 77.4 Å². The number of aliphatic hydroxyl groups excluding tert-OH is 2. The first-order valence-electron chi connectivity index (χ1n) is 6.86. The maximum atomic E-state index is 10.2. The molecule has 21 heavy (non-hydrogen) atoms. The van der Waals surface area contributed by atoms with E-state index >= 15 is 0 Å². The van der Waals surface area contributed by atoms with Crippen molar-refractivity contribution in [3.63, 3.8) is 0 Å². The highest BCUT2D eigenvalue weighted by atomic mass is 16.7. The van der Waals surface area contributed by atoms with Crippen molar-refractivity contribution in [2.45, 2.75) is 37.3 Å². The third-order valence-corrected chi connectivity index (χ3v) is 3.57. The van der Waals surface area contributed by atoms with Crippen molar-refractivity contribution < 1.29 is 29.2 Å². The Bertz CT molecular complexity index is 412. The molecule has 0 spiro atoms. The summed E-state index contributed by atoms with van der Waals surface area (Å²) in [5.41, 5.74) is 1.03. The van der Waals surface area contributed by atoms with Crippen LogP contribution in [-0.2, 0) is 25.6 Å². The van der Waals surface area contributed by atoms with Gasteiger partial charge in [0.05, 0.1) is 13.2 Å². The number of methoxy groups -OCH3 is 2.